The number of hydrogen-bond donors (Lipinski definition) is 1. The maximum atomic E-state index is 8.77. The maximum Gasteiger partial charge on any atom is 0.0991 e. The number of nitrogens with zero attached hydrogens (tertiary/aromatic N) is 2. The maximum absolute atomic E-state index is 8.77. The van der Waals surface area contributed by atoms with E-state index in [-0.39, 0.29) is 0 Å². The minimum atomic E-state index is 0.660. The Morgan fingerprint density at radius 3 is 2.81 bits per heavy atom. The molecule has 3 heteroatoms. The first-order valence-electron chi connectivity index (χ1n) is 5.86. The van der Waals surface area contributed by atoms with E-state index < -0.39 is 0 Å². The van der Waals surface area contributed by atoms with Gasteiger partial charge in [0, 0.05) is 31.4 Å². The van der Waals surface area contributed by atoms with Crippen LogP contribution in [-0.4, -0.2) is 25.7 Å². The highest BCUT2D eigenvalue weighted by atomic mass is 15.2. The molecule has 0 radical (unpaired) electrons. The summed E-state index contributed by atoms with van der Waals surface area (Å²) in [4.78, 5) is 2.48. The number of rotatable bonds is 1. The van der Waals surface area contributed by atoms with Crippen LogP contribution in [0.4, 0.5) is 5.69 Å². The van der Waals surface area contributed by atoms with E-state index >= 15 is 0 Å². The van der Waals surface area contributed by atoms with Gasteiger partial charge in [-0.1, -0.05) is 0 Å². The second-order valence-corrected chi connectivity index (χ2v) is 4.63. The highest BCUT2D eigenvalue weighted by Crippen LogP contribution is 2.31. The van der Waals surface area contributed by atoms with Gasteiger partial charge in [-0.05, 0) is 36.6 Å². The summed E-state index contributed by atoms with van der Waals surface area (Å²) in [7, 11) is 0. The fourth-order valence-corrected chi connectivity index (χ4v) is 2.90. The van der Waals surface area contributed by atoms with Gasteiger partial charge in [0.1, 0.15) is 0 Å². The zero-order valence-electron chi connectivity index (χ0n) is 9.19. The second kappa shape index (κ2) is 3.80. The number of fused-ring (bicyclic) bond motifs is 1. The third kappa shape index (κ3) is 1.46. The van der Waals surface area contributed by atoms with Crippen molar-refractivity contribution in [3.8, 4) is 6.07 Å². The average Bonchev–Trinajstić information content (AvgIpc) is 2.91. The number of nitriles is 1. The van der Waals surface area contributed by atoms with Gasteiger partial charge in [-0.2, -0.15) is 5.26 Å². The smallest absolute Gasteiger partial charge is 0.0991 e. The highest BCUT2D eigenvalue weighted by molar-refractivity contribution is 5.52. The standard InChI is InChI=1S/C13H15N3/c14-7-10-1-3-12(4-2-10)16-6-5-11-8-15-9-13(11)16/h1-4,11,13,15H,5-6,8-9H2. The lowest BCUT2D eigenvalue weighted by molar-refractivity contribution is 0.579. The molecule has 0 bridgehead atoms. The monoisotopic (exact) mass is 213 g/mol. The summed E-state index contributed by atoms with van der Waals surface area (Å²) in [5.74, 6) is 0.815. The molecule has 0 amide bonds. The number of anilines is 1. The molecule has 2 aliphatic rings. The molecule has 0 aromatic heterocycles. The zero-order chi connectivity index (χ0) is 11.0. The van der Waals surface area contributed by atoms with Crippen molar-refractivity contribution in [3.63, 3.8) is 0 Å². The van der Waals surface area contributed by atoms with Crippen molar-refractivity contribution in [1.29, 1.82) is 5.26 Å². The van der Waals surface area contributed by atoms with Crippen LogP contribution in [-0.2, 0) is 0 Å². The van der Waals surface area contributed by atoms with Gasteiger partial charge in [-0.25, -0.2) is 0 Å². The van der Waals surface area contributed by atoms with Gasteiger partial charge < -0.3 is 10.2 Å². The molecule has 3 nitrogen and oxygen atoms in total. The Labute approximate surface area is 95.7 Å². The molecular weight excluding hydrogens is 198 g/mol. The highest BCUT2D eigenvalue weighted by Gasteiger charge is 2.37. The first-order chi connectivity index (χ1) is 7.88. The van der Waals surface area contributed by atoms with E-state index in [1.54, 1.807) is 0 Å². The van der Waals surface area contributed by atoms with E-state index in [4.69, 9.17) is 5.26 Å². The molecule has 2 fully saturated rings. The third-order valence-corrected chi connectivity index (χ3v) is 3.77. The molecule has 2 saturated heterocycles. The summed E-state index contributed by atoms with van der Waals surface area (Å²) in [5.41, 5.74) is 2.00. The number of benzene rings is 1. The quantitative estimate of drug-likeness (QED) is 0.765. The first kappa shape index (κ1) is 9.68. The van der Waals surface area contributed by atoms with E-state index in [9.17, 15) is 0 Å². The van der Waals surface area contributed by atoms with E-state index in [2.05, 4.69) is 28.4 Å². The molecule has 2 heterocycles. The van der Waals surface area contributed by atoms with Crippen molar-refractivity contribution in [2.75, 3.05) is 24.5 Å². The second-order valence-electron chi connectivity index (χ2n) is 4.63. The molecule has 82 valence electrons. The Morgan fingerprint density at radius 2 is 2.06 bits per heavy atom. The van der Waals surface area contributed by atoms with Crippen LogP contribution in [0.2, 0.25) is 0 Å². The van der Waals surface area contributed by atoms with Crippen LogP contribution in [0.5, 0.6) is 0 Å². The normalized spacial score (nSPS) is 27.8. The van der Waals surface area contributed by atoms with E-state index in [0.29, 0.717) is 6.04 Å². The van der Waals surface area contributed by atoms with Crippen LogP contribution in [0.15, 0.2) is 24.3 Å². The fraction of sp³-hybridized carbons (Fsp3) is 0.462. The van der Waals surface area contributed by atoms with Crippen molar-refractivity contribution >= 4 is 5.69 Å². The van der Waals surface area contributed by atoms with Gasteiger partial charge in [0.15, 0.2) is 0 Å². The molecular formula is C13H15N3. The Hall–Kier alpha value is -1.53. The largest absolute Gasteiger partial charge is 0.367 e. The lowest BCUT2D eigenvalue weighted by Crippen LogP contribution is -2.33. The molecule has 16 heavy (non-hydrogen) atoms. The fourth-order valence-electron chi connectivity index (χ4n) is 2.90. The molecule has 0 aliphatic carbocycles. The molecule has 3 rings (SSSR count). The summed E-state index contributed by atoms with van der Waals surface area (Å²) in [6.45, 7) is 3.42. The molecule has 0 saturated carbocycles. The van der Waals surface area contributed by atoms with Crippen molar-refractivity contribution in [2.45, 2.75) is 12.5 Å². The van der Waals surface area contributed by atoms with Crippen molar-refractivity contribution in [2.24, 2.45) is 5.92 Å². The van der Waals surface area contributed by atoms with Gasteiger partial charge in [0.05, 0.1) is 11.6 Å². The molecule has 1 N–H and O–H groups in total. The zero-order valence-corrected chi connectivity index (χ0v) is 9.19. The predicted molar refractivity (Wildman–Crippen MR) is 63.3 cm³/mol. The van der Waals surface area contributed by atoms with Gasteiger partial charge >= 0.3 is 0 Å². The third-order valence-electron chi connectivity index (χ3n) is 3.77. The molecule has 1 aromatic carbocycles. The van der Waals surface area contributed by atoms with E-state index in [1.165, 1.54) is 12.1 Å². The summed E-state index contributed by atoms with van der Waals surface area (Å²) >= 11 is 0. The molecule has 2 atom stereocenters. The van der Waals surface area contributed by atoms with Crippen LogP contribution >= 0.6 is 0 Å². The predicted octanol–water partition coefficient (Wildman–Crippen LogP) is 1.36. The van der Waals surface area contributed by atoms with Crippen LogP contribution < -0.4 is 10.2 Å². The van der Waals surface area contributed by atoms with E-state index in [0.717, 1.165) is 31.1 Å². The molecule has 2 aliphatic heterocycles. The summed E-state index contributed by atoms with van der Waals surface area (Å²) in [6, 6.07) is 10.8. The molecule has 2 unspecified atom stereocenters. The van der Waals surface area contributed by atoms with Gasteiger partial charge in [-0.15, -0.1) is 0 Å². The Bertz CT molecular complexity index is 418. The van der Waals surface area contributed by atoms with Crippen LogP contribution in [0.1, 0.15) is 12.0 Å². The first-order valence-corrected chi connectivity index (χ1v) is 5.86. The van der Waals surface area contributed by atoms with Gasteiger partial charge in [0.25, 0.3) is 0 Å². The summed E-state index contributed by atoms with van der Waals surface area (Å²) in [6.07, 6.45) is 1.29. The molecule has 1 aromatic rings. The van der Waals surface area contributed by atoms with Crippen LogP contribution in [0.25, 0.3) is 0 Å². The topological polar surface area (TPSA) is 39.1 Å². The van der Waals surface area contributed by atoms with Gasteiger partial charge in [0.2, 0.25) is 0 Å². The molecule has 0 spiro atoms. The van der Waals surface area contributed by atoms with Crippen molar-refractivity contribution in [3.05, 3.63) is 29.8 Å². The minimum absolute atomic E-state index is 0.660. The Balaban J connectivity index is 1.84. The van der Waals surface area contributed by atoms with Gasteiger partial charge in [-0.3, -0.25) is 0 Å². The number of nitrogens with one attached hydrogen (secondary N) is 1. The van der Waals surface area contributed by atoms with Crippen LogP contribution in [0, 0.1) is 17.2 Å². The van der Waals surface area contributed by atoms with Crippen molar-refractivity contribution < 1.29 is 0 Å². The number of hydrogen-bond acceptors (Lipinski definition) is 3. The lowest BCUT2D eigenvalue weighted by atomic mass is 10.0. The minimum Gasteiger partial charge on any atom is -0.367 e. The van der Waals surface area contributed by atoms with Crippen molar-refractivity contribution in [1.82, 2.24) is 5.32 Å². The lowest BCUT2D eigenvalue weighted by Gasteiger charge is -2.25. The average molecular weight is 213 g/mol. The SMILES string of the molecule is N#Cc1ccc(N2CCC3CNCC32)cc1. The van der Waals surface area contributed by atoms with Crippen LogP contribution in [0.3, 0.4) is 0 Å². The Kier molecular flexibility index (Phi) is 2.30. The Morgan fingerprint density at radius 1 is 1.25 bits per heavy atom. The summed E-state index contributed by atoms with van der Waals surface area (Å²) in [5, 5.41) is 12.2. The summed E-state index contributed by atoms with van der Waals surface area (Å²) < 4.78 is 0. The van der Waals surface area contributed by atoms with E-state index in [1.807, 2.05) is 12.1 Å².